The van der Waals surface area contributed by atoms with Gasteiger partial charge in [-0.1, -0.05) is 12.1 Å². The fourth-order valence-electron chi connectivity index (χ4n) is 5.04. The van der Waals surface area contributed by atoms with Crippen LogP contribution >= 0.6 is 0 Å². The van der Waals surface area contributed by atoms with Gasteiger partial charge in [0.05, 0.1) is 31.0 Å². The Balaban J connectivity index is 1.51. The zero-order chi connectivity index (χ0) is 26.4. The molecule has 1 atom stereocenters. The molecule has 9 nitrogen and oxygen atoms in total. The summed E-state index contributed by atoms with van der Waals surface area (Å²) in [6.07, 6.45) is 0. The number of amides is 1. The summed E-state index contributed by atoms with van der Waals surface area (Å²) in [7, 11) is 3.50. The Morgan fingerprint density at radius 1 is 0.895 bits per heavy atom. The predicted octanol–water partition coefficient (Wildman–Crippen LogP) is 3.92. The number of nitrogens with zero attached hydrogens (tertiary/aromatic N) is 2. The van der Waals surface area contributed by atoms with E-state index in [9.17, 15) is 14.7 Å². The maximum atomic E-state index is 13.5. The van der Waals surface area contributed by atoms with E-state index in [0.717, 1.165) is 5.69 Å². The van der Waals surface area contributed by atoms with Crippen molar-refractivity contribution in [3.63, 3.8) is 0 Å². The number of hydrogen-bond donors (Lipinski definition) is 1. The Morgan fingerprint density at radius 3 is 2.37 bits per heavy atom. The number of anilines is 2. The first-order valence-corrected chi connectivity index (χ1v) is 12.3. The molecule has 0 bridgehead atoms. The molecular formula is C29H26N2O7. The number of ether oxygens (including phenoxy) is 4. The van der Waals surface area contributed by atoms with Crippen molar-refractivity contribution in [3.05, 3.63) is 77.4 Å². The van der Waals surface area contributed by atoms with Gasteiger partial charge in [-0.25, -0.2) is 0 Å². The van der Waals surface area contributed by atoms with E-state index in [1.54, 1.807) is 67.8 Å². The molecule has 3 heterocycles. The van der Waals surface area contributed by atoms with E-state index in [0.29, 0.717) is 66.2 Å². The van der Waals surface area contributed by atoms with Gasteiger partial charge in [0.1, 0.15) is 37.1 Å². The van der Waals surface area contributed by atoms with Gasteiger partial charge in [0.15, 0.2) is 11.5 Å². The molecule has 3 aliphatic rings. The summed E-state index contributed by atoms with van der Waals surface area (Å²) in [5.74, 6) is 0.593. The lowest BCUT2D eigenvalue weighted by Crippen LogP contribution is -2.29. The Morgan fingerprint density at radius 2 is 1.61 bits per heavy atom. The number of carbonyl (C=O) groups is 2. The standard InChI is InChI=1S/C29H26N2O7/c1-30-11-12-36-22-9-5-18(15-21(22)30)27(32)25-26(17-3-7-20(35-2)8-4-17)31(29(34)28(25)33)19-6-10-23-24(16-19)38-14-13-37-23/h3-10,15-16,26,32H,11-14H2,1-2H3/b27-25-. The van der Waals surface area contributed by atoms with E-state index in [-0.39, 0.29) is 11.3 Å². The van der Waals surface area contributed by atoms with Crippen LogP contribution < -0.4 is 28.7 Å². The van der Waals surface area contributed by atoms with Crippen LogP contribution in [0.5, 0.6) is 23.0 Å². The molecule has 6 rings (SSSR count). The van der Waals surface area contributed by atoms with Crippen LogP contribution in [0.4, 0.5) is 11.4 Å². The highest BCUT2D eigenvalue weighted by Crippen LogP contribution is 2.45. The molecule has 9 heteroatoms. The molecule has 3 aliphatic heterocycles. The van der Waals surface area contributed by atoms with Crippen molar-refractivity contribution in [2.75, 3.05) is 50.3 Å². The highest BCUT2D eigenvalue weighted by molar-refractivity contribution is 6.51. The smallest absolute Gasteiger partial charge is 0.300 e. The van der Waals surface area contributed by atoms with Crippen molar-refractivity contribution in [1.29, 1.82) is 0 Å². The minimum absolute atomic E-state index is 0.00520. The van der Waals surface area contributed by atoms with Gasteiger partial charge in [-0.2, -0.15) is 0 Å². The van der Waals surface area contributed by atoms with E-state index in [2.05, 4.69) is 0 Å². The van der Waals surface area contributed by atoms with Gasteiger partial charge in [0, 0.05) is 24.4 Å². The minimum atomic E-state index is -0.881. The summed E-state index contributed by atoms with van der Waals surface area (Å²) in [6.45, 7) is 2.07. The Labute approximate surface area is 219 Å². The molecule has 1 unspecified atom stereocenters. The molecule has 1 amide bonds. The van der Waals surface area contributed by atoms with Gasteiger partial charge in [0.2, 0.25) is 0 Å². The summed E-state index contributed by atoms with van der Waals surface area (Å²) >= 11 is 0. The highest BCUT2D eigenvalue weighted by Gasteiger charge is 2.47. The first-order chi connectivity index (χ1) is 18.5. The van der Waals surface area contributed by atoms with Crippen LogP contribution in [0, 0.1) is 0 Å². The van der Waals surface area contributed by atoms with E-state index in [4.69, 9.17) is 18.9 Å². The van der Waals surface area contributed by atoms with Gasteiger partial charge in [-0.15, -0.1) is 0 Å². The summed E-state index contributed by atoms with van der Waals surface area (Å²) in [5, 5.41) is 11.5. The number of aliphatic hydroxyl groups is 1. The zero-order valence-corrected chi connectivity index (χ0v) is 21.0. The van der Waals surface area contributed by atoms with Crippen LogP contribution in [0.3, 0.4) is 0 Å². The van der Waals surface area contributed by atoms with Gasteiger partial charge in [0.25, 0.3) is 11.7 Å². The molecule has 1 saturated heterocycles. The third-order valence-corrected chi connectivity index (χ3v) is 7.01. The summed E-state index contributed by atoms with van der Waals surface area (Å²) in [4.78, 5) is 30.5. The topological polar surface area (TPSA) is 97.8 Å². The van der Waals surface area contributed by atoms with Crippen molar-refractivity contribution in [2.24, 2.45) is 0 Å². The molecule has 1 fully saturated rings. The molecule has 194 valence electrons. The summed E-state index contributed by atoms with van der Waals surface area (Å²) in [6, 6.07) is 16.5. The maximum Gasteiger partial charge on any atom is 0.300 e. The predicted molar refractivity (Wildman–Crippen MR) is 140 cm³/mol. The fraction of sp³-hybridized carbons (Fsp3) is 0.241. The summed E-state index contributed by atoms with van der Waals surface area (Å²) < 4.78 is 22.4. The molecule has 1 N–H and O–H groups in total. The van der Waals surface area contributed by atoms with Crippen molar-refractivity contribution < 1.29 is 33.6 Å². The van der Waals surface area contributed by atoms with Crippen LogP contribution in [0.25, 0.3) is 5.76 Å². The van der Waals surface area contributed by atoms with Crippen molar-refractivity contribution in [3.8, 4) is 23.0 Å². The van der Waals surface area contributed by atoms with Gasteiger partial charge in [-0.05, 0) is 48.0 Å². The Hall–Kier alpha value is -4.66. The largest absolute Gasteiger partial charge is 0.507 e. The Kier molecular flexibility index (Phi) is 5.83. The second kappa shape index (κ2) is 9.33. The monoisotopic (exact) mass is 514 g/mol. The lowest BCUT2D eigenvalue weighted by atomic mass is 9.94. The highest BCUT2D eigenvalue weighted by atomic mass is 16.6. The molecule has 3 aromatic rings. The van der Waals surface area contributed by atoms with E-state index in [1.165, 1.54) is 4.90 Å². The van der Waals surface area contributed by atoms with E-state index >= 15 is 0 Å². The molecule has 0 saturated carbocycles. The Bertz CT molecular complexity index is 1460. The van der Waals surface area contributed by atoms with Crippen molar-refractivity contribution >= 4 is 28.8 Å². The normalized spacial score (nSPS) is 19.7. The average Bonchev–Trinajstić information content (AvgIpc) is 3.22. The summed E-state index contributed by atoms with van der Waals surface area (Å²) in [5.41, 5.74) is 2.30. The number of hydrogen-bond acceptors (Lipinski definition) is 8. The van der Waals surface area contributed by atoms with Crippen LogP contribution in [-0.4, -0.2) is 57.3 Å². The third-order valence-electron chi connectivity index (χ3n) is 7.01. The van der Waals surface area contributed by atoms with Crippen LogP contribution in [0.1, 0.15) is 17.2 Å². The van der Waals surface area contributed by atoms with Crippen molar-refractivity contribution in [1.82, 2.24) is 0 Å². The fourth-order valence-corrected chi connectivity index (χ4v) is 5.04. The SMILES string of the molecule is COc1ccc(C2/C(=C(/O)c3ccc4c(c3)N(C)CCO4)C(=O)C(=O)N2c2ccc3c(c2)OCCO3)cc1. The number of benzene rings is 3. The van der Waals surface area contributed by atoms with Crippen LogP contribution in [-0.2, 0) is 9.59 Å². The number of ketones is 1. The molecular weight excluding hydrogens is 488 g/mol. The number of rotatable bonds is 4. The molecule has 38 heavy (non-hydrogen) atoms. The zero-order valence-electron chi connectivity index (χ0n) is 21.0. The number of Topliss-reactive ketones (excluding diaryl/α,β-unsaturated/α-hetero) is 1. The first kappa shape index (κ1) is 23.7. The second-order valence-electron chi connectivity index (χ2n) is 9.22. The van der Waals surface area contributed by atoms with Gasteiger partial charge >= 0.3 is 0 Å². The molecule has 0 spiro atoms. The number of aliphatic hydroxyl groups excluding tert-OH is 1. The average molecular weight is 515 g/mol. The second-order valence-corrected chi connectivity index (χ2v) is 9.22. The van der Waals surface area contributed by atoms with Crippen LogP contribution in [0.15, 0.2) is 66.2 Å². The number of fused-ring (bicyclic) bond motifs is 2. The molecule has 0 radical (unpaired) electrons. The molecule has 3 aromatic carbocycles. The van der Waals surface area contributed by atoms with Gasteiger partial charge in [-0.3, -0.25) is 14.5 Å². The number of carbonyl (C=O) groups excluding carboxylic acids is 2. The quantitative estimate of drug-likeness (QED) is 0.318. The minimum Gasteiger partial charge on any atom is -0.507 e. The number of methoxy groups -OCH3 is 1. The molecule has 0 aromatic heterocycles. The lowest BCUT2D eigenvalue weighted by Gasteiger charge is -2.28. The van der Waals surface area contributed by atoms with Crippen molar-refractivity contribution in [2.45, 2.75) is 6.04 Å². The van der Waals surface area contributed by atoms with E-state index < -0.39 is 17.7 Å². The van der Waals surface area contributed by atoms with E-state index in [1.807, 2.05) is 11.9 Å². The van der Waals surface area contributed by atoms with Crippen LogP contribution in [0.2, 0.25) is 0 Å². The molecule has 0 aliphatic carbocycles. The lowest BCUT2D eigenvalue weighted by molar-refractivity contribution is -0.132. The first-order valence-electron chi connectivity index (χ1n) is 12.3. The third kappa shape index (κ3) is 3.87. The maximum absolute atomic E-state index is 13.5. The van der Waals surface area contributed by atoms with Gasteiger partial charge < -0.3 is 29.0 Å². The number of likely N-dealkylation sites (N-methyl/N-ethyl adjacent to an activating group) is 1.